The van der Waals surface area contributed by atoms with Crippen molar-refractivity contribution < 1.29 is 9.53 Å². The van der Waals surface area contributed by atoms with Gasteiger partial charge >= 0.3 is 0 Å². The van der Waals surface area contributed by atoms with Crippen LogP contribution < -0.4 is 5.32 Å². The summed E-state index contributed by atoms with van der Waals surface area (Å²) in [5.74, 6) is 0.00716. The molecule has 1 aliphatic heterocycles. The topological polar surface area (TPSA) is 38.3 Å². The van der Waals surface area contributed by atoms with Gasteiger partial charge in [0.2, 0.25) is 5.91 Å². The first-order valence-electron chi connectivity index (χ1n) is 4.61. The fraction of sp³-hybridized carbons (Fsp3) is 0.889. The van der Waals surface area contributed by atoms with Crippen LogP contribution in [0.3, 0.4) is 0 Å². The van der Waals surface area contributed by atoms with Crippen molar-refractivity contribution in [3.63, 3.8) is 0 Å². The molecule has 3 nitrogen and oxygen atoms in total. The fourth-order valence-electron chi connectivity index (χ4n) is 1.35. The molecule has 1 unspecified atom stereocenters. The molecule has 0 aliphatic carbocycles. The fourth-order valence-corrected chi connectivity index (χ4v) is 1.41. The summed E-state index contributed by atoms with van der Waals surface area (Å²) >= 11 is 4.09. The predicted molar refractivity (Wildman–Crippen MR) is 55.0 cm³/mol. The van der Waals surface area contributed by atoms with Gasteiger partial charge in [0.1, 0.15) is 0 Å². The lowest BCUT2D eigenvalue weighted by Gasteiger charge is -2.34. The van der Waals surface area contributed by atoms with E-state index in [1.807, 2.05) is 0 Å². The van der Waals surface area contributed by atoms with Crippen LogP contribution in [0.4, 0.5) is 0 Å². The Balaban J connectivity index is 2.45. The molecule has 1 saturated heterocycles. The van der Waals surface area contributed by atoms with E-state index in [1.165, 1.54) is 0 Å². The van der Waals surface area contributed by atoms with Gasteiger partial charge < -0.3 is 10.1 Å². The van der Waals surface area contributed by atoms with Crippen LogP contribution >= 0.6 is 12.6 Å². The molecule has 4 heteroatoms. The Morgan fingerprint density at radius 1 is 1.54 bits per heavy atom. The second kappa shape index (κ2) is 4.33. The van der Waals surface area contributed by atoms with Gasteiger partial charge in [-0.05, 0) is 26.7 Å². The summed E-state index contributed by atoms with van der Waals surface area (Å²) < 4.78 is 5.24. The number of carbonyl (C=O) groups excluding carboxylic acids is 1. The largest absolute Gasteiger partial charge is 0.381 e. The van der Waals surface area contributed by atoms with Crippen molar-refractivity contribution >= 4 is 18.5 Å². The van der Waals surface area contributed by atoms with Gasteiger partial charge in [-0.3, -0.25) is 4.79 Å². The number of hydrogen-bond donors (Lipinski definition) is 2. The number of nitrogens with one attached hydrogen (secondary N) is 1. The zero-order valence-electron chi connectivity index (χ0n) is 8.17. The molecule has 1 atom stereocenters. The van der Waals surface area contributed by atoms with E-state index in [4.69, 9.17) is 4.74 Å². The third-order valence-corrected chi connectivity index (χ3v) is 2.64. The number of rotatable bonds is 2. The van der Waals surface area contributed by atoms with Crippen LogP contribution in [-0.2, 0) is 9.53 Å². The van der Waals surface area contributed by atoms with Gasteiger partial charge in [0.05, 0.1) is 5.25 Å². The molecule has 0 saturated carbocycles. The van der Waals surface area contributed by atoms with Gasteiger partial charge in [-0.1, -0.05) is 0 Å². The van der Waals surface area contributed by atoms with E-state index in [2.05, 4.69) is 24.9 Å². The second-order valence-corrected chi connectivity index (χ2v) is 4.61. The van der Waals surface area contributed by atoms with Gasteiger partial charge in [-0.15, -0.1) is 0 Å². The van der Waals surface area contributed by atoms with Crippen molar-refractivity contribution in [1.29, 1.82) is 0 Å². The summed E-state index contributed by atoms with van der Waals surface area (Å²) in [5.41, 5.74) is -0.0909. The number of thiol groups is 1. The van der Waals surface area contributed by atoms with E-state index >= 15 is 0 Å². The van der Waals surface area contributed by atoms with Crippen LogP contribution in [0, 0.1) is 0 Å². The van der Waals surface area contributed by atoms with Crippen LogP contribution in [0.1, 0.15) is 26.7 Å². The summed E-state index contributed by atoms with van der Waals surface area (Å²) in [6.07, 6.45) is 1.78. The highest BCUT2D eigenvalue weighted by atomic mass is 32.1. The Bertz CT molecular complexity index is 188. The molecule has 0 aromatic carbocycles. The maximum absolute atomic E-state index is 11.4. The van der Waals surface area contributed by atoms with Crippen LogP contribution in [-0.4, -0.2) is 29.9 Å². The second-order valence-electron chi connectivity index (χ2n) is 3.84. The lowest BCUT2D eigenvalue weighted by molar-refractivity contribution is -0.123. The molecule has 0 bridgehead atoms. The third-order valence-electron chi connectivity index (χ3n) is 2.40. The molecular formula is C9H17NO2S. The molecule has 1 rings (SSSR count). The SMILES string of the molecule is CC(S)C(=O)NC1(C)CCOCC1. The van der Waals surface area contributed by atoms with E-state index < -0.39 is 0 Å². The van der Waals surface area contributed by atoms with E-state index in [1.54, 1.807) is 6.92 Å². The lowest BCUT2D eigenvalue weighted by atomic mass is 9.92. The molecule has 0 aromatic heterocycles. The van der Waals surface area contributed by atoms with Crippen molar-refractivity contribution in [1.82, 2.24) is 5.32 Å². The minimum absolute atomic E-state index is 0.00716. The molecule has 1 N–H and O–H groups in total. The van der Waals surface area contributed by atoms with Crippen molar-refractivity contribution in [2.45, 2.75) is 37.5 Å². The van der Waals surface area contributed by atoms with Crippen molar-refractivity contribution in [3.05, 3.63) is 0 Å². The average molecular weight is 203 g/mol. The summed E-state index contributed by atoms with van der Waals surface area (Å²) in [5, 5.41) is 2.76. The van der Waals surface area contributed by atoms with E-state index in [-0.39, 0.29) is 16.7 Å². The van der Waals surface area contributed by atoms with Crippen LogP contribution in [0.5, 0.6) is 0 Å². The number of amides is 1. The summed E-state index contributed by atoms with van der Waals surface area (Å²) in [6, 6.07) is 0. The Morgan fingerprint density at radius 3 is 2.54 bits per heavy atom. The monoisotopic (exact) mass is 203 g/mol. The Hall–Kier alpha value is -0.220. The zero-order chi connectivity index (χ0) is 9.90. The minimum Gasteiger partial charge on any atom is -0.381 e. The van der Waals surface area contributed by atoms with Gasteiger partial charge in [0, 0.05) is 18.8 Å². The van der Waals surface area contributed by atoms with E-state index in [0.29, 0.717) is 0 Å². The zero-order valence-corrected chi connectivity index (χ0v) is 9.06. The van der Waals surface area contributed by atoms with Gasteiger partial charge in [-0.2, -0.15) is 12.6 Å². The quantitative estimate of drug-likeness (QED) is 0.657. The van der Waals surface area contributed by atoms with Crippen molar-refractivity contribution in [3.8, 4) is 0 Å². The first-order chi connectivity index (χ1) is 6.03. The van der Waals surface area contributed by atoms with Crippen LogP contribution in [0.25, 0.3) is 0 Å². The molecule has 76 valence electrons. The Labute approximate surface area is 84.6 Å². The first-order valence-corrected chi connectivity index (χ1v) is 5.13. The average Bonchev–Trinajstić information content (AvgIpc) is 2.04. The number of hydrogen-bond acceptors (Lipinski definition) is 3. The normalized spacial score (nSPS) is 23.6. The van der Waals surface area contributed by atoms with Crippen LogP contribution in [0.15, 0.2) is 0 Å². The van der Waals surface area contributed by atoms with E-state index in [0.717, 1.165) is 26.1 Å². The van der Waals surface area contributed by atoms with Gasteiger partial charge in [0.15, 0.2) is 0 Å². The van der Waals surface area contributed by atoms with Crippen LogP contribution in [0.2, 0.25) is 0 Å². The molecule has 13 heavy (non-hydrogen) atoms. The Kier molecular flexibility index (Phi) is 3.62. The van der Waals surface area contributed by atoms with Crippen molar-refractivity contribution in [2.75, 3.05) is 13.2 Å². The molecule has 0 spiro atoms. The summed E-state index contributed by atoms with van der Waals surface area (Å²) in [7, 11) is 0. The number of carbonyl (C=O) groups is 1. The smallest absolute Gasteiger partial charge is 0.232 e. The molecule has 1 heterocycles. The van der Waals surface area contributed by atoms with Crippen molar-refractivity contribution in [2.24, 2.45) is 0 Å². The number of ether oxygens (including phenoxy) is 1. The standard InChI is InChI=1S/C9H17NO2S/c1-7(13)8(11)10-9(2)3-5-12-6-4-9/h7,13H,3-6H2,1-2H3,(H,10,11). The van der Waals surface area contributed by atoms with Gasteiger partial charge in [0.25, 0.3) is 0 Å². The molecule has 1 fully saturated rings. The molecule has 0 radical (unpaired) electrons. The van der Waals surface area contributed by atoms with Gasteiger partial charge in [-0.25, -0.2) is 0 Å². The highest BCUT2D eigenvalue weighted by Crippen LogP contribution is 2.19. The Morgan fingerprint density at radius 2 is 2.08 bits per heavy atom. The third kappa shape index (κ3) is 3.19. The lowest BCUT2D eigenvalue weighted by Crippen LogP contribution is -2.51. The first kappa shape index (κ1) is 10.9. The summed E-state index contributed by atoms with van der Waals surface area (Å²) in [6.45, 7) is 5.31. The minimum atomic E-state index is -0.236. The highest BCUT2D eigenvalue weighted by Gasteiger charge is 2.29. The predicted octanol–water partition coefficient (Wildman–Crippen LogP) is 0.990. The molecule has 1 aliphatic rings. The van der Waals surface area contributed by atoms with E-state index in [9.17, 15) is 4.79 Å². The molecule has 1 amide bonds. The maximum atomic E-state index is 11.4. The molecule has 0 aromatic rings. The maximum Gasteiger partial charge on any atom is 0.232 e. The molecular weight excluding hydrogens is 186 g/mol. The highest BCUT2D eigenvalue weighted by molar-refractivity contribution is 7.81. The summed E-state index contributed by atoms with van der Waals surface area (Å²) in [4.78, 5) is 11.4.